The van der Waals surface area contributed by atoms with Gasteiger partial charge in [-0.05, 0) is 31.2 Å². The summed E-state index contributed by atoms with van der Waals surface area (Å²) in [5, 5.41) is 17.6. The van der Waals surface area contributed by atoms with E-state index in [1.807, 2.05) is 5.32 Å². The first-order valence-electron chi connectivity index (χ1n) is 13.9. The van der Waals surface area contributed by atoms with E-state index < -0.39 is 88.1 Å². The lowest BCUT2D eigenvalue weighted by molar-refractivity contribution is -0.265. The molecular formula is C30H24F7N5O5. The standard InChI is InChI=1S/C30H24F7N5O5/c1-27(26(38)44)12-47-24-16(27)8-21(40-23(24)15-7-18(32)19(33)9-17(15)31)29(45,30(35,36)37)11-39-25(43)13-5-14-10-42(28(34)3-4-28)41-22(14)20(6-13)46-2/h5-10,45H,3-4,11-12H2,1-2H3,(H2,38,44)(H,39,43)/t27-,29?/m0/s1. The fourth-order valence-corrected chi connectivity index (χ4v) is 5.26. The van der Waals surface area contributed by atoms with E-state index in [1.165, 1.54) is 26.3 Å². The van der Waals surface area contributed by atoms with Crippen molar-refractivity contribution < 1.29 is 54.9 Å². The van der Waals surface area contributed by atoms with E-state index in [4.69, 9.17) is 15.2 Å². The number of primary amides is 1. The van der Waals surface area contributed by atoms with Crippen molar-refractivity contribution in [3.8, 4) is 22.8 Å². The Morgan fingerprint density at radius 2 is 1.79 bits per heavy atom. The molecule has 2 amide bonds. The van der Waals surface area contributed by atoms with Gasteiger partial charge >= 0.3 is 6.18 Å². The zero-order chi connectivity index (χ0) is 34.3. The van der Waals surface area contributed by atoms with Crippen LogP contribution in [0.15, 0.2) is 36.5 Å². The van der Waals surface area contributed by atoms with Crippen LogP contribution in [0.25, 0.3) is 22.2 Å². The van der Waals surface area contributed by atoms with E-state index >= 15 is 0 Å². The van der Waals surface area contributed by atoms with Gasteiger partial charge in [-0.25, -0.2) is 27.2 Å². The normalized spacial score (nSPS) is 19.5. The Morgan fingerprint density at radius 3 is 2.40 bits per heavy atom. The molecule has 1 aliphatic carbocycles. The highest BCUT2D eigenvalue weighted by Crippen LogP contribution is 2.48. The second kappa shape index (κ2) is 10.5. The molecule has 17 heteroatoms. The molecule has 0 radical (unpaired) electrons. The molecule has 0 saturated heterocycles. The van der Waals surface area contributed by atoms with Gasteiger partial charge in [0.2, 0.25) is 17.3 Å². The number of alkyl halides is 4. The van der Waals surface area contributed by atoms with Crippen LogP contribution < -0.4 is 20.5 Å². The van der Waals surface area contributed by atoms with Crippen molar-refractivity contribution in [2.45, 2.75) is 42.8 Å². The number of benzene rings is 2. The van der Waals surface area contributed by atoms with Gasteiger partial charge in [0.05, 0.1) is 19.3 Å². The van der Waals surface area contributed by atoms with E-state index in [0.29, 0.717) is 12.1 Å². The lowest BCUT2D eigenvalue weighted by Crippen LogP contribution is -2.51. The van der Waals surface area contributed by atoms with Crippen molar-refractivity contribution in [3.05, 3.63) is 70.8 Å². The van der Waals surface area contributed by atoms with Crippen molar-refractivity contribution in [2.75, 3.05) is 20.3 Å². The maximum Gasteiger partial charge on any atom is 0.424 e. The lowest BCUT2D eigenvalue weighted by atomic mass is 9.81. The summed E-state index contributed by atoms with van der Waals surface area (Å²) in [6.45, 7) is -0.890. The molecule has 3 heterocycles. The summed E-state index contributed by atoms with van der Waals surface area (Å²) < 4.78 is 113. The van der Waals surface area contributed by atoms with E-state index in [9.17, 15) is 45.4 Å². The van der Waals surface area contributed by atoms with Crippen LogP contribution in [0.4, 0.5) is 30.7 Å². The number of rotatable bonds is 8. The number of halogens is 7. The number of hydrogen-bond acceptors (Lipinski definition) is 7. The molecule has 1 unspecified atom stereocenters. The molecule has 248 valence electrons. The van der Waals surface area contributed by atoms with Crippen molar-refractivity contribution in [3.63, 3.8) is 0 Å². The fraction of sp³-hybridized carbons (Fsp3) is 0.333. The first-order chi connectivity index (χ1) is 21.9. The van der Waals surface area contributed by atoms with Crippen molar-refractivity contribution >= 4 is 22.7 Å². The molecule has 1 fully saturated rings. The molecule has 4 aromatic rings. The predicted molar refractivity (Wildman–Crippen MR) is 148 cm³/mol. The smallest absolute Gasteiger partial charge is 0.424 e. The third kappa shape index (κ3) is 5.08. The minimum atomic E-state index is -5.57. The number of nitrogens with zero attached hydrogens (tertiary/aromatic N) is 3. The van der Waals surface area contributed by atoms with E-state index in [0.717, 1.165) is 10.7 Å². The van der Waals surface area contributed by atoms with Gasteiger partial charge in [0, 0.05) is 47.2 Å². The SMILES string of the molecule is COc1cc(C(=O)NCC(O)(c2cc3c(c(-c4cc(F)c(F)cc4F)n2)OC[C@]3(C)C(N)=O)C(F)(F)F)cc2cn(C3(F)CC3)nc12. The molecule has 0 bridgehead atoms. The third-order valence-electron chi connectivity index (χ3n) is 8.41. The highest BCUT2D eigenvalue weighted by atomic mass is 19.4. The zero-order valence-corrected chi connectivity index (χ0v) is 24.4. The number of aliphatic hydroxyl groups is 1. The molecule has 2 aromatic carbocycles. The first kappa shape index (κ1) is 32.0. The number of methoxy groups -OCH3 is 1. The quantitative estimate of drug-likeness (QED) is 0.189. The van der Waals surface area contributed by atoms with Gasteiger partial charge in [-0.1, -0.05) is 0 Å². The van der Waals surface area contributed by atoms with E-state index in [-0.39, 0.29) is 46.7 Å². The van der Waals surface area contributed by atoms with Crippen LogP contribution in [0.3, 0.4) is 0 Å². The lowest BCUT2D eigenvalue weighted by Gasteiger charge is -2.31. The van der Waals surface area contributed by atoms with Gasteiger partial charge in [-0.2, -0.15) is 18.3 Å². The number of carbonyl (C=O) groups excluding carboxylic acids is 2. The molecule has 2 aliphatic rings. The summed E-state index contributed by atoms with van der Waals surface area (Å²) in [6.07, 6.45) is -3.81. The number of carbonyl (C=O) groups is 2. The van der Waals surface area contributed by atoms with Crippen molar-refractivity contribution in [1.29, 1.82) is 0 Å². The highest BCUT2D eigenvalue weighted by Gasteiger charge is 2.58. The average molecular weight is 668 g/mol. The average Bonchev–Trinajstić information content (AvgIpc) is 3.45. The Hall–Kier alpha value is -4.93. The number of nitrogens with two attached hydrogens (primary N) is 1. The van der Waals surface area contributed by atoms with Crippen LogP contribution in [-0.2, 0) is 21.6 Å². The molecule has 10 nitrogen and oxygen atoms in total. The first-order valence-corrected chi connectivity index (χ1v) is 13.9. The maximum absolute atomic E-state index is 14.9. The van der Waals surface area contributed by atoms with Crippen LogP contribution in [0.2, 0.25) is 0 Å². The number of pyridine rings is 1. The summed E-state index contributed by atoms with van der Waals surface area (Å²) in [5.41, 5.74) is -3.58. The largest absolute Gasteiger partial charge is 0.494 e. The Morgan fingerprint density at radius 1 is 1.11 bits per heavy atom. The van der Waals surface area contributed by atoms with Crippen LogP contribution in [0.1, 0.15) is 41.4 Å². The molecule has 2 aromatic heterocycles. The minimum absolute atomic E-state index is 0.0194. The van der Waals surface area contributed by atoms with Crippen molar-refractivity contribution in [1.82, 2.24) is 20.1 Å². The number of nitrogens with one attached hydrogen (secondary N) is 1. The topological polar surface area (TPSA) is 142 Å². The number of ether oxygens (including phenoxy) is 2. The highest BCUT2D eigenvalue weighted by molar-refractivity contribution is 6.00. The van der Waals surface area contributed by atoms with Crippen LogP contribution in [0, 0.1) is 17.5 Å². The Bertz CT molecular complexity index is 1980. The van der Waals surface area contributed by atoms with Gasteiger partial charge in [-0.15, -0.1) is 0 Å². The minimum Gasteiger partial charge on any atom is -0.494 e. The van der Waals surface area contributed by atoms with Gasteiger partial charge in [0.1, 0.15) is 40.5 Å². The molecule has 1 aliphatic heterocycles. The second-order valence-corrected chi connectivity index (χ2v) is 11.6. The molecule has 2 atom stereocenters. The number of fused-ring (bicyclic) bond motifs is 2. The Balaban J connectivity index is 1.43. The van der Waals surface area contributed by atoms with E-state index in [1.54, 1.807) is 0 Å². The molecule has 6 rings (SSSR count). The molecule has 47 heavy (non-hydrogen) atoms. The Kier molecular flexibility index (Phi) is 7.19. The second-order valence-electron chi connectivity index (χ2n) is 11.6. The third-order valence-corrected chi connectivity index (χ3v) is 8.41. The summed E-state index contributed by atoms with van der Waals surface area (Å²) in [7, 11) is 1.25. The monoisotopic (exact) mass is 667 g/mol. The molecule has 0 spiro atoms. The fourth-order valence-electron chi connectivity index (χ4n) is 5.26. The van der Waals surface area contributed by atoms with Gasteiger partial charge < -0.3 is 25.6 Å². The number of aromatic nitrogens is 3. The van der Waals surface area contributed by atoms with Crippen LogP contribution in [-0.4, -0.2) is 58.1 Å². The summed E-state index contributed by atoms with van der Waals surface area (Å²) in [4.78, 5) is 29.3. The number of hydrogen-bond donors (Lipinski definition) is 3. The molecule has 1 saturated carbocycles. The van der Waals surface area contributed by atoms with Crippen LogP contribution >= 0.6 is 0 Å². The van der Waals surface area contributed by atoms with Gasteiger partial charge in [-0.3, -0.25) is 9.59 Å². The molecule has 4 N–H and O–H groups in total. The maximum atomic E-state index is 14.9. The zero-order valence-electron chi connectivity index (χ0n) is 24.4. The van der Waals surface area contributed by atoms with Crippen molar-refractivity contribution in [2.24, 2.45) is 5.73 Å². The van der Waals surface area contributed by atoms with Crippen LogP contribution in [0.5, 0.6) is 11.5 Å². The molecular weight excluding hydrogens is 643 g/mol. The predicted octanol–water partition coefficient (Wildman–Crippen LogP) is 4.26. The summed E-state index contributed by atoms with van der Waals surface area (Å²) >= 11 is 0. The number of amides is 2. The Labute approximate surface area is 260 Å². The van der Waals surface area contributed by atoms with E-state index in [2.05, 4.69) is 10.1 Å². The summed E-state index contributed by atoms with van der Waals surface area (Å²) in [5.74, 6) is -8.94. The van der Waals surface area contributed by atoms with Gasteiger partial charge in [0.25, 0.3) is 5.91 Å². The van der Waals surface area contributed by atoms with Gasteiger partial charge in [0.15, 0.2) is 11.6 Å². The summed E-state index contributed by atoms with van der Waals surface area (Å²) in [6, 6.07) is 3.53.